The van der Waals surface area contributed by atoms with Crippen LogP contribution in [0, 0.1) is 0 Å². The van der Waals surface area contributed by atoms with Crippen molar-refractivity contribution in [2.75, 3.05) is 16.8 Å². The molecule has 0 aliphatic carbocycles. The molecule has 0 bridgehead atoms. The number of carbonyl (C=O) groups is 1. The second-order valence-corrected chi connectivity index (χ2v) is 11.6. The van der Waals surface area contributed by atoms with Gasteiger partial charge in [-0.3, -0.25) is 0 Å². The number of hydrogen-bond acceptors (Lipinski definition) is 6. The summed E-state index contributed by atoms with van der Waals surface area (Å²) in [4.78, 5) is 12.4. The summed E-state index contributed by atoms with van der Waals surface area (Å²) in [5.41, 5.74) is 1.31. The van der Waals surface area contributed by atoms with Gasteiger partial charge in [0.2, 0.25) is 10.0 Å². The second kappa shape index (κ2) is 8.13. The van der Waals surface area contributed by atoms with Gasteiger partial charge in [0.25, 0.3) is 0 Å². The SMILES string of the molecule is CC1Oc2ccccc2C1NC(=O)Nc1ccc(S(=O)(=O)NC2CCS(=O)(=O)C2)cc1.[HH].[HH].[HH]. The molecule has 9 nitrogen and oxygen atoms in total. The van der Waals surface area contributed by atoms with Crippen molar-refractivity contribution in [3.05, 3.63) is 54.1 Å². The van der Waals surface area contributed by atoms with E-state index in [1.54, 1.807) is 0 Å². The van der Waals surface area contributed by atoms with Crippen LogP contribution in [-0.2, 0) is 19.9 Å². The highest BCUT2D eigenvalue weighted by Gasteiger charge is 2.33. The molecule has 0 spiro atoms. The molecule has 0 saturated carbocycles. The van der Waals surface area contributed by atoms with E-state index < -0.39 is 31.9 Å². The fourth-order valence-corrected chi connectivity index (χ4v) is 6.81. The molecule has 3 N–H and O–H groups in total. The van der Waals surface area contributed by atoms with E-state index in [2.05, 4.69) is 15.4 Å². The number of hydrogen-bond donors (Lipinski definition) is 3. The van der Waals surface area contributed by atoms with Gasteiger partial charge in [0.05, 0.1) is 22.4 Å². The molecule has 4 rings (SSSR count). The molecule has 0 aromatic heterocycles. The van der Waals surface area contributed by atoms with E-state index in [1.165, 1.54) is 24.3 Å². The molecule has 2 aliphatic rings. The van der Waals surface area contributed by atoms with Crippen LogP contribution in [0.25, 0.3) is 0 Å². The molecule has 3 atom stereocenters. The predicted molar refractivity (Wildman–Crippen MR) is 122 cm³/mol. The first-order valence-corrected chi connectivity index (χ1v) is 13.1. The molecule has 0 radical (unpaired) electrons. The molecule has 1 saturated heterocycles. The lowest BCUT2D eigenvalue weighted by atomic mass is 10.1. The number of sulfone groups is 1. The maximum Gasteiger partial charge on any atom is 0.319 e. The van der Waals surface area contributed by atoms with Crippen molar-refractivity contribution in [1.29, 1.82) is 0 Å². The number of nitrogens with one attached hydrogen (secondary N) is 3. The Morgan fingerprint density at radius 3 is 2.52 bits per heavy atom. The first-order valence-electron chi connectivity index (χ1n) is 9.79. The second-order valence-electron chi connectivity index (χ2n) is 7.68. The van der Waals surface area contributed by atoms with Crippen molar-refractivity contribution in [2.45, 2.75) is 36.4 Å². The van der Waals surface area contributed by atoms with Crippen molar-refractivity contribution in [3.8, 4) is 5.75 Å². The van der Waals surface area contributed by atoms with Crippen LogP contribution < -0.4 is 20.1 Å². The Morgan fingerprint density at radius 2 is 1.84 bits per heavy atom. The van der Waals surface area contributed by atoms with E-state index in [0.29, 0.717) is 5.69 Å². The monoisotopic (exact) mass is 471 g/mol. The normalized spacial score (nSPS) is 24.2. The van der Waals surface area contributed by atoms with Gasteiger partial charge >= 0.3 is 6.03 Å². The number of benzene rings is 2. The van der Waals surface area contributed by atoms with Gasteiger partial charge in [-0.25, -0.2) is 26.4 Å². The summed E-state index contributed by atoms with van der Waals surface area (Å²) in [6.45, 7) is 1.87. The molecule has 172 valence electrons. The molecule has 2 heterocycles. The maximum absolute atomic E-state index is 12.5. The van der Waals surface area contributed by atoms with Gasteiger partial charge in [0.15, 0.2) is 9.84 Å². The number of amides is 2. The van der Waals surface area contributed by atoms with E-state index in [-0.39, 0.29) is 39.2 Å². The Labute approximate surface area is 185 Å². The van der Waals surface area contributed by atoms with Crippen molar-refractivity contribution < 1.29 is 30.6 Å². The number of ether oxygens (including phenoxy) is 1. The molecule has 2 aromatic rings. The number of para-hydroxylation sites is 1. The lowest BCUT2D eigenvalue weighted by molar-refractivity contribution is 0.204. The third-order valence-electron chi connectivity index (χ3n) is 5.30. The molecule has 31 heavy (non-hydrogen) atoms. The highest BCUT2D eigenvalue weighted by atomic mass is 32.2. The number of fused-ring (bicyclic) bond motifs is 1. The number of sulfonamides is 1. The standard InChI is InChI=1S/C20H23N3O6S2.3H2/c1-13-19(17-4-2-3-5-18(17)29-13)22-20(24)21-14-6-8-16(9-7-14)31(27,28)23-15-10-11-30(25,26)12-15;;;/h2-9,13,15,19,23H,10-12H2,1H3,(H2,21,22,24);3*1H. The van der Waals surface area contributed by atoms with Crippen LogP contribution in [0.15, 0.2) is 53.4 Å². The van der Waals surface area contributed by atoms with Gasteiger partial charge in [0, 0.05) is 21.6 Å². The fourth-order valence-electron chi connectivity index (χ4n) is 3.76. The van der Waals surface area contributed by atoms with Gasteiger partial charge in [-0.05, 0) is 43.7 Å². The summed E-state index contributed by atoms with van der Waals surface area (Å²) in [5, 5.41) is 5.55. The van der Waals surface area contributed by atoms with Crippen molar-refractivity contribution in [1.82, 2.24) is 10.0 Å². The Hall–Kier alpha value is -2.63. The zero-order valence-corrected chi connectivity index (χ0v) is 18.4. The first-order chi connectivity index (χ1) is 14.6. The highest BCUT2D eigenvalue weighted by Crippen LogP contribution is 2.36. The fraction of sp³-hybridized carbons (Fsp3) is 0.350. The van der Waals surface area contributed by atoms with Crippen LogP contribution in [0.2, 0.25) is 0 Å². The van der Waals surface area contributed by atoms with Crippen LogP contribution >= 0.6 is 0 Å². The number of anilines is 1. The molecule has 11 heteroatoms. The highest BCUT2D eigenvalue weighted by molar-refractivity contribution is 7.92. The van der Waals surface area contributed by atoms with Crippen LogP contribution in [0.5, 0.6) is 5.75 Å². The van der Waals surface area contributed by atoms with Crippen molar-refractivity contribution in [3.63, 3.8) is 0 Å². The van der Waals surface area contributed by atoms with Gasteiger partial charge in [-0.15, -0.1) is 0 Å². The summed E-state index contributed by atoms with van der Waals surface area (Å²) < 4.78 is 56.2. The quantitative estimate of drug-likeness (QED) is 0.614. The molecule has 3 unspecified atom stereocenters. The summed E-state index contributed by atoms with van der Waals surface area (Å²) in [5.74, 6) is 0.517. The molecule has 1 fully saturated rings. The van der Waals surface area contributed by atoms with Crippen LogP contribution in [0.4, 0.5) is 10.5 Å². The van der Waals surface area contributed by atoms with E-state index >= 15 is 0 Å². The third-order valence-corrected chi connectivity index (χ3v) is 8.60. The minimum Gasteiger partial charge on any atom is -0.488 e. The van der Waals surface area contributed by atoms with Crippen LogP contribution in [-0.4, -0.2) is 46.5 Å². The maximum atomic E-state index is 12.5. The van der Waals surface area contributed by atoms with Crippen LogP contribution in [0.3, 0.4) is 0 Å². The molecule has 2 amide bonds. The minimum absolute atomic E-state index is 0. The number of urea groups is 1. The summed E-state index contributed by atoms with van der Waals surface area (Å²) >= 11 is 0. The first kappa shape index (κ1) is 21.6. The summed E-state index contributed by atoms with van der Waals surface area (Å²) in [6, 6.07) is 11.8. The zero-order valence-electron chi connectivity index (χ0n) is 16.7. The van der Waals surface area contributed by atoms with Crippen molar-refractivity contribution >= 4 is 31.6 Å². The smallest absolute Gasteiger partial charge is 0.319 e. The Bertz CT molecular complexity index is 1210. The van der Waals surface area contributed by atoms with Gasteiger partial charge in [-0.2, -0.15) is 0 Å². The summed E-state index contributed by atoms with van der Waals surface area (Å²) in [7, 11) is -7.05. The average molecular weight is 472 g/mol. The lowest BCUT2D eigenvalue weighted by Crippen LogP contribution is -2.37. The van der Waals surface area contributed by atoms with E-state index in [1.807, 2.05) is 31.2 Å². The Morgan fingerprint density at radius 1 is 1.13 bits per heavy atom. The number of rotatable bonds is 5. The molecular formula is C20H29N3O6S2. The van der Waals surface area contributed by atoms with E-state index in [0.717, 1.165) is 11.3 Å². The predicted octanol–water partition coefficient (Wildman–Crippen LogP) is 2.53. The average Bonchev–Trinajstić information content (AvgIpc) is 3.20. The van der Waals surface area contributed by atoms with E-state index in [9.17, 15) is 21.6 Å². The van der Waals surface area contributed by atoms with E-state index in [4.69, 9.17) is 4.74 Å². The molecular weight excluding hydrogens is 442 g/mol. The lowest BCUT2D eigenvalue weighted by Gasteiger charge is -2.17. The minimum atomic E-state index is -3.86. The Balaban J connectivity index is 0.00000193. The topological polar surface area (TPSA) is 131 Å². The molecule has 2 aliphatic heterocycles. The zero-order chi connectivity index (χ0) is 22.2. The Kier molecular flexibility index (Phi) is 5.67. The van der Waals surface area contributed by atoms with Crippen molar-refractivity contribution in [2.24, 2.45) is 0 Å². The van der Waals surface area contributed by atoms with Crippen LogP contribution in [0.1, 0.15) is 29.2 Å². The number of carbonyl (C=O) groups excluding carboxylic acids is 1. The van der Waals surface area contributed by atoms with Gasteiger partial charge in [0.1, 0.15) is 11.9 Å². The largest absolute Gasteiger partial charge is 0.488 e. The summed E-state index contributed by atoms with van der Waals surface area (Å²) in [6.07, 6.45) is 0.0366. The molecule has 2 aromatic carbocycles. The van der Waals surface area contributed by atoms with Gasteiger partial charge in [-0.1, -0.05) is 18.2 Å². The third kappa shape index (κ3) is 4.83. The van der Waals surface area contributed by atoms with Gasteiger partial charge < -0.3 is 15.4 Å².